The highest BCUT2D eigenvalue weighted by Crippen LogP contribution is 2.48. The van der Waals surface area contributed by atoms with Crippen LogP contribution in [0.4, 0.5) is 0 Å². The summed E-state index contributed by atoms with van der Waals surface area (Å²) in [6, 6.07) is 2.45. The summed E-state index contributed by atoms with van der Waals surface area (Å²) in [6.07, 6.45) is 8.85. The molecule has 1 heterocycles. The topological polar surface area (TPSA) is 27.0 Å². The zero-order valence-electron chi connectivity index (χ0n) is 9.84. The van der Waals surface area contributed by atoms with E-state index in [-0.39, 0.29) is 0 Å². The van der Waals surface area contributed by atoms with Gasteiger partial charge in [-0.05, 0) is 57.2 Å². The van der Waals surface area contributed by atoms with Gasteiger partial charge in [0.2, 0.25) is 0 Å². The molecule has 0 atom stereocenters. The molecule has 1 saturated heterocycles. The molecule has 1 aliphatic carbocycles. The van der Waals surface area contributed by atoms with Crippen molar-refractivity contribution >= 4 is 0 Å². The van der Waals surface area contributed by atoms with Crippen LogP contribution in [0.25, 0.3) is 0 Å². The van der Waals surface area contributed by atoms with E-state index < -0.39 is 0 Å². The van der Waals surface area contributed by atoms with Gasteiger partial charge in [0, 0.05) is 6.42 Å². The van der Waals surface area contributed by atoms with E-state index in [4.69, 9.17) is 5.26 Å². The number of rotatable bonds is 2. The Labute approximate surface area is 93.3 Å². The maximum atomic E-state index is 9.05. The van der Waals surface area contributed by atoms with Crippen molar-refractivity contribution in [2.24, 2.45) is 11.3 Å². The maximum Gasteiger partial charge on any atom is 0.0627 e. The van der Waals surface area contributed by atoms with E-state index in [0.717, 1.165) is 12.3 Å². The second-order valence-electron chi connectivity index (χ2n) is 5.48. The van der Waals surface area contributed by atoms with Gasteiger partial charge in [0.15, 0.2) is 0 Å². The van der Waals surface area contributed by atoms with Crippen molar-refractivity contribution < 1.29 is 0 Å². The lowest BCUT2D eigenvalue weighted by Crippen LogP contribution is -2.41. The van der Waals surface area contributed by atoms with Gasteiger partial charge in [-0.2, -0.15) is 5.26 Å². The van der Waals surface area contributed by atoms with Crippen molar-refractivity contribution in [3.8, 4) is 6.07 Å². The minimum Gasteiger partial charge on any atom is -0.306 e. The summed E-state index contributed by atoms with van der Waals surface area (Å²) in [6.45, 7) is 2.39. The molecule has 0 amide bonds. The fraction of sp³-hybridized carbons (Fsp3) is 0.923. The predicted molar refractivity (Wildman–Crippen MR) is 61.4 cm³/mol. The third-order valence-corrected chi connectivity index (χ3v) is 4.64. The van der Waals surface area contributed by atoms with Crippen LogP contribution in [-0.4, -0.2) is 25.0 Å². The fourth-order valence-electron chi connectivity index (χ4n) is 3.49. The number of nitriles is 1. The van der Waals surface area contributed by atoms with Crippen molar-refractivity contribution in [1.29, 1.82) is 5.26 Å². The highest BCUT2D eigenvalue weighted by atomic mass is 15.1. The number of nitrogens with zero attached hydrogens (tertiary/aromatic N) is 2. The predicted octanol–water partition coefficient (Wildman–Crippen LogP) is 2.80. The van der Waals surface area contributed by atoms with Crippen molar-refractivity contribution in [3.63, 3.8) is 0 Å². The minimum absolute atomic E-state index is 0.387. The average molecular weight is 206 g/mol. The van der Waals surface area contributed by atoms with Gasteiger partial charge < -0.3 is 4.90 Å². The highest BCUT2D eigenvalue weighted by Gasteiger charge is 2.41. The lowest BCUT2D eigenvalue weighted by atomic mass is 9.66. The Hall–Kier alpha value is -0.550. The van der Waals surface area contributed by atoms with Crippen LogP contribution in [0.3, 0.4) is 0 Å². The molecule has 0 aromatic heterocycles. The molecule has 0 N–H and O–H groups in total. The fourth-order valence-corrected chi connectivity index (χ4v) is 3.49. The van der Waals surface area contributed by atoms with Crippen molar-refractivity contribution in [2.75, 3.05) is 20.1 Å². The summed E-state index contributed by atoms with van der Waals surface area (Å²) in [5, 5.41) is 9.05. The average Bonchev–Trinajstić information content (AvgIpc) is 2.76. The Morgan fingerprint density at radius 3 is 2.40 bits per heavy atom. The van der Waals surface area contributed by atoms with Gasteiger partial charge in [-0.25, -0.2) is 0 Å². The molecule has 2 nitrogen and oxygen atoms in total. The SMILES string of the molecule is CN1CCC(CC#N)(C2CCCC2)CC1. The number of likely N-dealkylation sites (tertiary alicyclic amines) is 1. The van der Waals surface area contributed by atoms with Crippen molar-refractivity contribution in [1.82, 2.24) is 4.90 Å². The van der Waals surface area contributed by atoms with E-state index in [0.29, 0.717) is 5.41 Å². The van der Waals surface area contributed by atoms with Gasteiger partial charge in [-0.15, -0.1) is 0 Å². The first-order chi connectivity index (χ1) is 7.27. The molecule has 1 aliphatic heterocycles. The van der Waals surface area contributed by atoms with E-state index in [1.165, 1.54) is 51.6 Å². The molecule has 2 aliphatic rings. The molecule has 0 unspecified atom stereocenters. The number of hydrogen-bond donors (Lipinski definition) is 0. The van der Waals surface area contributed by atoms with Crippen LogP contribution in [0.2, 0.25) is 0 Å². The minimum atomic E-state index is 0.387. The molecular weight excluding hydrogens is 184 g/mol. The quantitative estimate of drug-likeness (QED) is 0.694. The normalized spacial score (nSPS) is 27.7. The van der Waals surface area contributed by atoms with Gasteiger partial charge in [0.1, 0.15) is 0 Å². The van der Waals surface area contributed by atoms with E-state index >= 15 is 0 Å². The van der Waals surface area contributed by atoms with Gasteiger partial charge in [-0.1, -0.05) is 12.8 Å². The molecule has 84 valence electrons. The molecule has 0 radical (unpaired) electrons. The summed E-state index contributed by atoms with van der Waals surface area (Å²) in [5.41, 5.74) is 0.387. The number of piperidine rings is 1. The van der Waals surface area contributed by atoms with Crippen LogP contribution in [0, 0.1) is 22.7 Å². The second-order valence-corrected chi connectivity index (χ2v) is 5.48. The van der Waals surface area contributed by atoms with E-state index in [9.17, 15) is 0 Å². The highest BCUT2D eigenvalue weighted by molar-refractivity contribution is 4.97. The Kier molecular flexibility index (Phi) is 3.31. The van der Waals surface area contributed by atoms with E-state index in [2.05, 4.69) is 18.0 Å². The van der Waals surface area contributed by atoms with Crippen molar-refractivity contribution in [2.45, 2.75) is 44.9 Å². The molecule has 1 saturated carbocycles. The third-order valence-electron chi connectivity index (χ3n) is 4.64. The van der Waals surface area contributed by atoms with Crippen LogP contribution in [0.1, 0.15) is 44.9 Å². The maximum absolute atomic E-state index is 9.05. The smallest absolute Gasteiger partial charge is 0.0627 e. The lowest BCUT2D eigenvalue weighted by molar-refractivity contribution is 0.0647. The second kappa shape index (κ2) is 4.53. The van der Waals surface area contributed by atoms with Crippen molar-refractivity contribution in [3.05, 3.63) is 0 Å². The standard InChI is InChI=1S/C13H22N2/c1-15-10-7-13(6-9-14,8-11-15)12-4-2-3-5-12/h12H,2-8,10-11H2,1H3. The molecular formula is C13H22N2. The first-order valence-electron chi connectivity index (χ1n) is 6.32. The van der Waals surface area contributed by atoms with Crippen LogP contribution in [0.5, 0.6) is 0 Å². The Morgan fingerprint density at radius 2 is 1.87 bits per heavy atom. The Morgan fingerprint density at radius 1 is 1.27 bits per heavy atom. The molecule has 0 aromatic carbocycles. The van der Waals surface area contributed by atoms with Gasteiger partial charge >= 0.3 is 0 Å². The van der Waals surface area contributed by atoms with Crippen LogP contribution in [-0.2, 0) is 0 Å². The lowest BCUT2D eigenvalue weighted by Gasteiger charge is -2.43. The zero-order chi connectivity index (χ0) is 10.7. The summed E-state index contributed by atoms with van der Waals surface area (Å²) in [5.74, 6) is 0.853. The largest absolute Gasteiger partial charge is 0.306 e. The third kappa shape index (κ3) is 2.18. The van der Waals surface area contributed by atoms with Gasteiger partial charge in [-0.3, -0.25) is 0 Å². The molecule has 2 heteroatoms. The van der Waals surface area contributed by atoms with E-state index in [1.54, 1.807) is 0 Å². The molecule has 2 fully saturated rings. The summed E-state index contributed by atoms with van der Waals surface area (Å²) in [7, 11) is 2.20. The van der Waals surface area contributed by atoms with Gasteiger partial charge in [0.05, 0.1) is 6.07 Å². The van der Waals surface area contributed by atoms with Crippen LogP contribution in [0.15, 0.2) is 0 Å². The Bertz CT molecular complexity index is 240. The van der Waals surface area contributed by atoms with Gasteiger partial charge in [0.25, 0.3) is 0 Å². The summed E-state index contributed by atoms with van der Waals surface area (Å²) in [4.78, 5) is 2.41. The summed E-state index contributed by atoms with van der Waals surface area (Å²) >= 11 is 0. The Balaban J connectivity index is 2.06. The van der Waals surface area contributed by atoms with Crippen LogP contribution >= 0.6 is 0 Å². The van der Waals surface area contributed by atoms with E-state index in [1.807, 2.05) is 0 Å². The molecule has 15 heavy (non-hydrogen) atoms. The molecule has 0 aromatic rings. The number of hydrogen-bond acceptors (Lipinski definition) is 2. The first-order valence-corrected chi connectivity index (χ1v) is 6.32. The van der Waals surface area contributed by atoms with Crippen LogP contribution < -0.4 is 0 Å². The summed E-state index contributed by atoms with van der Waals surface area (Å²) < 4.78 is 0. The molecule has 0 bridgehead atoms. The monoisotopic (exact) mass is 206 g/mol. The molecule has 2 rings (SSSR count). The molecule has 0 spiro atoms. The first kappa shape index (κ1) is 11.0. The zero-order valence-corrected chi connectivity index (χ0v) is 9.84.